The van der Waals surface area contributed by atoms with Crippen molar-refractivity contribution < 1.29 is 19.1 Å². The highest BCUT2D eigenvalue weighted by Crippen LogP contribution is 2.26. The Kier molecular flexibility index (Phi) is 7.76. The second-order valence-corrected chi connectivity index (χ2v) is 6.52. The Morgan fingerprint density at radius 2 is 1.68 bits per heavy atom. The summed E-state index contributed by atoms with van der Waals surface area (Å²) in [5.41, 5.74) is 0.553. The van der Waals surface area contributed by atoms with Gasteiger partial charge in [-0.25, -0.2) is 0 Å². The molecule has 138 valence electrons. The molecular formula is C20H29NO4. The van der Waals surface area contributed by atoms with Gasteiger partial charge in [0, 0.05) is 12.6 Å². The predicted octanol–water partition coefficient (Wildman–Crippen LogP) is 3.81. The quantitative estimate of drug-likeness (QED) is 0.734. The third-order valence-electron chi connectivity index (χ3n) is 4.90. The first-order chi connectivity index (χ1) is 12.2. The summed E-state index contributed by atoms with van der Waals surface area (Å²) in [6.45, 7) is 0.383. The number of carbonyl (C=O) groups is 2. The van der Waals surface area contributed by atoms with Gasteiger partial charge in [0.1, 0.15) is 5.75 Å². The standard InChI is InChI=1S/C20H29NO4/c1-24-18-13-9-8-12-17(18)20(23)21(15-14-19(22)25-2)16-10-6-4-3-5-7-11-16/h8-9,12-13,16H,3-7,10-11,14-15H2,1-2H3. The van der Waals surface area contributed by atoms with Gasteiger partial charge in [0.2, 0.25) is 0 Å². The molecule has 0 spiro atoms. The Morgan fingerprint density at radius 1 is 1.04 bits per heavy atom. The van der Waals surface area contributed by atoms with Crippen molar-refractivity contribution in [3.8, 4) is 5.75 Å². The number of ether oxygens (including phenoxy) is 2. The second kappa shape index (κ2) is 10.1. The third-order valence-corrected chi connectivity index (χ3v) is 4.90. The molecule has 25 heavy (non-hydrogen) atoms. The fraction of sp³-hybridized carbons (Fsp3) is 0.600. The van der Waals surface area contributed by atoms with Gasteiger partial charge in [0.25, 0.3) is 5.91 Å². The van der Waals surface area contributed by atoms with E-state index < -0.39 is 0 Å². The van der Waals surface area contributed by atoms with Gasteiger partial charge in [-0.15, -0.1) is 0 Å². The van der Waals surface area contributed by atoms with Crippen molar-refractivity contribution in [1.29, 1.82) is 0 Å². The number of esters is 1. The average Bonchev–Trinajstić information content (AvgIpc) is 2.62. The maximum Gasteiger partial charge on any atom is 0.307 e. The molecule has 2 rings (SSSR count). The van der Waals surface area contributed by atoms with Crippen LogP contribution < -0.4 is 4.74 Å². The van der Waals surface area contributed by atoms with E-state index in [1.54, 1.807) is 19.2 Å². The Balaban J connectivity index is 2.22. The SMILES string of the molecule is COC(=O)CCN(C(=O)c1ccccc1OC)C1CCCCCCC1. The first-order valence-electron chi connectivity index (χ1n) is 9.18. The van der Waals surface area contributed by atoms with Crippen LogP contribution in [0.4, 0.5) is 0 Å². The zero-order valence-corrected chi connectivity index (χ0v) is 15.3. The van der Waals surface area contributed by atoms with Crippen LogP contribution in [0.5, 0.6) is 5.75 Å². The molecule has 0 radical (unpaired) electrons. The van der Waals surface area contributed by atoms with E-state index >= 15 is 0 Å². The lowest BCUT2D eigenvalue weighted by molar-refractivity contribution is -0.140. The highest BCUT2D eigenvalue weighted by Gasteiger charge is 2.27. The van der Waals surface area contributed by atoms with E-state index in [9.17, 15) is 9.59 Å². The van der Waals surface area contributed by atoms with Crippen LogP contribution in [0, 0.1) is 0 Å². The van der Waals surface area contributed by atoms with Gasteiger partial charge in [-0.1, -0.05) is 44.2 Å². The van der Waals surface area contributed by atoms with Crippen LogP contribution >= 0.6 is 0 Å². The highest BCUT2D eigenvalue weighted by atomic mass is 16.5. The van der Waals surface area contributed by atoms with E-state index in [4.69, 9.17) is 9.47 Å². The number of benzene rings is 1. The van der Waals surface area contributed by atoms with Crippen LogP contribution in [0.3, 0.4) is 0 Å². The van der Waals surface area contributed by atoms with Crippen LogP contribution in [-0.4, -0.2) is 43.6 Å². The number of amides is 1. The Morgan fingerprint density at radius 3 is 2.32 bits per heavy atom. The van der Waals surface area contributed by atoms with Gasteiger partial charge in [-0.05, 0) is 25.0 Å². The number of hydrogen-bond donors (Lipinski definition) is 0. The molecule has 1 amide bonds. The van der Waals surface area contributed by atoms with Crippen LogP contribution in [0.2, 0.25) is 0 Å². The van der Waals surface area contributed by atoms with E-state index in [-0.39, 0.29) is 24.3 Å². The lowest BCUT2D eigenvalue weighted by Gasteiger charge is -2.33. The van der Waals surface area contributed by atoms with E-state index in [1.807, 2.05) is 17.0 Å². The van der Waals surface area contributed by atoms with Gasteiger partial charge in [0.05, 0.1) is 26.2 Å². The summed E-state index contributed by atoms with van der Waals surface area (Å²) >= 11 is 0. The number of carbonyl (C=O) groups excluding carboxylic acids is 2. The zero-order chi connectivity index (χ0) is 18.1. The molecule has 0 unspecified atom stereocenters. The van der Waals surface area contributed by atoms with Crippen molar-refractivity contribution in [2.24, 2.45) is 0 Å². The van der Waals surface area contributed by atoms with Gasteiger partial charge in [-0.2, -0.15) is 0 Å². The van der Waals surface area contributed by atoms with Crippen molar-refractivity contribution in [3.63, 3.8) is 0 Å². The molecule has 0 bridgehead atoms. The summed E-state index contributed by atoms with van der Waals surface area (Å²) < 4.78 is 10.1. The molecular weight excluding hydrogens is 318 g/mol. The van der Waals surface area contributed by atoms with Crippen LogP contribution in [0.15, 0.2) is 24.3 Å². The smallest absolute Gasteiger partial charge is 0.307 e. The Bertz CT molecular complexity index is 565. The first kappa shape index (κ1) is 19.3. The summed E-state index contributed by atoms with van der Waals surface area (Å²) in [5, 5.41) is 0. The monoisotopic (exact) mass is 347 g/mol. The van der Waals surface area contributed by atoms with Gasteiger partial charge < -0.3 is 14.4 Å². The van der Waals surface area contributed by atoms with Gasteiger partial charge in [0.15, 0.2) is 0 Å². The maximum absolute atomic E-state index is 13.2. The lowest BCUT2D eigenvalue weighted by Crippen LogP contribution is -2.42. The highest BCUT2D eigenvalue weighted by molar-refractivity contribution is 5.97. The molecule has 0 aliphatic heterocycles. The summed E-state index contributed by atoms with van der Waals surface area (Å²) in [6, 6.07) is 7.44. The molecule has 1 aromatic rings. The Labute approximate surface area is 150 Å². The minimum Gasteiger partial charge on any atom is -0.496 e. The van der Waals surface area contributed by atoms with Crippen LogP contribution in [-0.2, 0) is 9.53 Å². The van der Waals surface area contributed by atoms with Gasteiger partial charge in [-0.3, -0.25) is 9.59 Å². The number of hydrogen-bond acceptors (Lipinski definition) is 4. The summed E-state index contributed by atoms with van der Waals surface area (Å²) in [6.07, 6.45) is 8.14. The molecule has 1 aliphatic carbocycles. The molecule has 0 saturated heterocycles. The van der Waals surface area contributed by atoms with Crippen molar-refractivity contribution >= 4 is 11.9 Å². The second-order valence-electron chi connectivity index (χ2n) is 6.52. The molecule has 1 aromatic carbocycles. The topological polar surface area (TPSA) is 55.8 Å². The van der Waals surface area contributed by atoms with E-state index in [0.29, 0.717) is 17.9 Å². The normalized spacial score (nSPS) is 15.8. The van der Waals surface area contributed by atoms with Crippen LogP contribution in [0.1, 0.15) is 61.7 Å². The number of methoxy groups -OCH3 is 2. The van der Waals surface area contributed by atoms with Crippen molar-refractivity contribution in [3.05, 3.63) is 29.8 Å². The summed E-state index contributed by atoms with van der Waals surface area (Å²) in [5.74, 6) is 0.219. The molecule has 1 saturated carbocycles. The molecule has 5 nitrogen and oxygen atoms in total. The summed E-state index contributed by atoms with van der Waals surface area (Å²) in [4.78, 5) is 26.7. The minimum absolute atomic E-state index is 0.0630. The van der Waals surface area contributed by atoms with Crippen molar-refractivity contribution in [1.82, 2.24) is 4.90 Å². The fourth-order valence-electron chi connectivity index (χ4n) is 3.49. The van der Waals surface area contributed by atoms with Crippen molar-refractivity contribution in [2.45, 2.75) is 57.4 Å². The molecule has 1 fully saturated rings. The van der Waals surface area contributed by atoms with Crippen molar-refractivity contribution in [2.75, 3.05) is 20.8 Å². The van der Waals surface area contributed by atoms with E-state index in [2.05, 4.69) is 0 Å². The molecule has 1 aliphatic rings. The minimum atomic E-state index is -0.288. The molecule has 0 N–H and O–H groups in total. The summed E-state index contributed by atoms with van der Waals surface area (Å²) in [7, 11) is 2.95. The average molecular weight is 347 g/mol. The zero-order valence-electron chi connectivity index (χ0n) is 15.3. The third kappa shape index (κ3) is 5.48. The molecule has 0 heterocycles. The number of rotatable bonds is 6. The molecule has 0 atom stereocenters. The van der Waals surface area contributed by atoms with E-state index in [1.165, 1.54) is 26.4 Å². The molecule has 5 heteroatoms. The predicted molar refractivity (Wildman–Crippen MR) is 96.8 cm³/mol. The maximum atomic E-state index is 13.2. The first-order valence-corrected chi connectivity index (χ1v) is 9.18. The molecule has 0 aromatic heterocycles. The van der Waals surface area contributed by atoms with Crippen LogP contribution in [0.25, 0.3) is 0 Å². The van der Waals surface area contributed by atoms with Gasteiger partial charge >= 0.3 is 5.97 Å². The number of nitrogens with zero attached hydrogens (tertiary/aromatic N) is 1. The number of para-hydroxylation sites is 1. The fourth-order valence-corrected chi connectivity index (χ4v) is 3.49. The lowest BCUT2D eigenvalue weighted by atomic mass is 9.95. The Hall–Kier alpha value is -2.04. The van der Waals surface area contributed by atoms with E-state index in [0.717, 1.165) is 25.7 Å². The largest absolute Gasteiger partial charge is 0.496 e.